The summed E-state index contributed by atoms with van der Waals surface area (Å²) in [4.78, 5) is 9.96. The van der Waals surface area contributed by atoms with E-state index in [0.29, 0.717) is 6.42 Å². The van der Waals surface area contributed by atoms with E-state index in [1.807, 2.05) is 0 Å². The van der Waals surface area contributed by atoms with Gasteiger partial charge in [-0.05, 0) is 6.42 Å². The molecule has 0 fully saturated rings. The molecule has 0 rings (SSSR count). The third-order valence-electron chi connectivity index (χ3n) is 1.24. The molecule has 0 aliphatic heterocycles. The van der Waals surface area contributed by atoms with Gasteiger partial charge in [0.2, 0.25) is 0 Å². The van der Waals surface area contributed by atoms with Crippen molar-refractivity contribution in [2.24, 2.45) is 0 Å². The topological polar surface area (TPSA) is 37.3 Å². The first-order chi connectivity index (χ1) is 4.27. The van der Waals surface area contributed by atoms with Crippen molar-refractivity contribution in [3.63, 3.8) is 0 Å². The average Bonchev–Trinajstić information content (AvgIpc) is 1.80. The molecule has 2 radical (unpaired) electrons. The van der Waals surface area contributed by atoms with Crippen LogP contribution in [0.2, 0.25) is 0 Å². The van der Waals surface area contributed by atoms with Gasteiger partial charge in [-0.25, -0.2) is 0 Å². The molecule has 0 heterocycles. The number of hydrogen-bond acceptors (Lipinski definition) is 1. The molecule has 0 atom stereocenters. The van der Waals surface area contributed by atoms with Crippen LogP contribution in [-0.4, -0.2) is 35.0 Å². The van der Waals surface area contributed by atoms with E-state index < -0.39 is 5.97 Å². The van der Waals surface area contributed by atoms with Gasteiger partial charge in [0.1, 0.15) is 0 Å². The fourth-order valence-corrected chi connectivity index (χ4v) is 0.703. The zero-order valence-electron chi connectivity index (χ0n) is 6.60. The van der Waals surface area contributed by atoms with E-state index in [9.17, 15) is 4.79 Å². The number of aliphatic carboxylic acids is 1. The second-order valence-electron chi connectivity index (χ2n) is 2.20. The predicted octanol–water partition coefficient (Wildman–Crippen LogP) is 1.13. The summed E-state index contributed by atoms with van der Waals surface area (Å²) >= 11 is 0. The number of carboxylic acid groups (broad SMARTS) is 1. The normalized spacial score (nSPS) is 8.50. The molecule has 0 saturated heterocycles. The Hall–Kier alpha value is 0.269. The van der Waals surface area contributed by atoms with Crippen molar-refractivity contribution in [1.29, 1.82) is 0 Å². The minimum atomic E-state index is -0.675. The van der Waals surface area contributed by atoms with E-state index in [0.717, 1.165) is 19.3 Å². The Morgan fingerprint density at radius 3 is 2.30 bits per heavy atom. The molecule has 10 heavy (non-hydrogen) atoms. The van der Waals surface area contributed by atoms with E-state index in [1.54, 1.807) is 0 Å². The summed E-state index contributed by atoms with van der Waals surface area (Å²) < 4.78 is 0. The van der Waals surface area contributed by atoms with E-state index >= 15 is 0 Å². The zero-order chi connectivity index (χ0) is 7.11. The molecule has 1 N–H and O–H groups in total. The summed E-state index contributed by atoms with van der Waals surface area (Å²) in [6, 6.07) is 0. The number of unbranched alkanes of at least 4 members (excludes halogenated alkanes) is 3. The Morgan fingerprint density at radius 2 is 1.90 bits per heavy atom. The van der Waals surface area contributed by atoms with Gasteiger partial charge in [0.25, 0.3) is 0 Å². The van der Waals surface area contributed by atoms with Crippen LogP contribution >= 0.6 is 0 Å². The average molecular weight is 251 g/mol. The SMILES string of the molecule is CCCCCCC(=O)O.[SnH2]. The van der Waals surface area contributed by atoms with Gasteiger partial charge in [-0.3, -0.25) is 4.79 Å². The van der Waals surface area contributed by atoms with Gasteiger partial charge in [0.15, 0.2) is 0 Å². The van der Waals surface area contributed by atoms with Crippen molar-refractivity contribution in [3.05, 3.63) is 0 Å². The van der Waals surface area contributed by atoms with Crippen molar-refractivity contribution >= 4 is 29.9 Å². The molecule has 0 spiro atoms. The van der Waals surface area contributed by atoms with E-state index in [2.05, 4.69) is 6.92 Å². The molecule has 0 aliphatic rings. The van der Waals surface area contributed by atoms with Gasteiger partial charge in [-0.15, -0.1) is 0 Å². The Balaban J connectivity index is 0. The molecule has 0 saturated carbocycles. The maximum atomic E-state index is 9.96. The van der Waals surface area contributed by atoms with E-state index in [-0.39, 0.29) is 23.9 Å². The van der Waals surface area contributed by atoms with Crippen LogP contribution in [0.4, 0.5) is 0 Å². The molecule has 0 amide bonds. The number of carboxylic acids is 1. The van der Waals surface area contributed by atoms with Crippen LogP contribution in [-0.2, 0) is 4.79 Å². The molecular formula is C7H16O2Sn. The second kappa shape index (κ2) is 9.27. The summed E-state index contributed by atoms with van der Waals surface area (Å²) in [5.74, 6) is -0.675. The van der Waals surface area contributed by atoms with E-state index in [1.165, 1.54) is 6.42 Å². The molecule has 0 aromatic rings. The van der Waals surface area contributed by atoms with Gasteiger partial charge >= 0.3 is 29.9 Å². The van der Waals surface area contributed by atoms with Crippen LogP contribution in [0.3, 0.4) is 0 Å². The van der Waals surface area contributed by atoms with Crippen LogP contribution in [0.1, 0.15) is 39.0 Å². The summed E-state index contributed by atoms with van der Waals surface area (Å²) in [6.45, 7) is 2.11. The van der Waals surface area contributed by atoms with Gasteiger partial charge in [0.05, 0.1) is 0 Å². The Labute approximate surface area is 79.0 Å². The summed E-state index contributed by atoms with van der Waals surface area (Å²) in [5.41, 5.74) is 0. The third-order valence-corrected chi connectivity index (χ3v) is 1.24. The van der Waals surface area contributed by atoms with Crippen molar-refractivity contribution in [3.8, 4) is 0 Å². The molecule has 2 nitrogen and oxygen atoms in total. The molecule has 0 aromatic carbocycles. The monoisotopic (exact) mass is 252 g/mol. The van der Waals surface area contributed by atoms with Crippen molar-refractivity contribution in [2.45, 2.75) is 39.0 Å². The maximum absolute atomic E-state index is 9.96. The molecule has 0 aromatic heterocycles. The number of rotatable bonds is 5. The standard InChI is InChI=1S/C7H14O2.Sn.2H/c1-2-3-4-5-6-7(8)9;;;/h2-6H2,1H3,(H,8,9);;;. The molecule has 0 bridgehead atoms. The summed E-state index contributed by atoms with van der Waals surface area (Å²) in [7, 11) is 0. The van der Waals surface area contributed by atoms with Crippen LogP contribution in [0.5, 0.6) is 0 Å². The van der Waals surface area contributed by atoms with Gasteiger partial charge in [-0.1, -0.05) is 26.2 Å². The Kier molecular flexibility index (Phi) is 12.0. The number of hydrogen-bond donors (Lipinski definition) is 1. The minimum absolute atomic E-state index is 0. The fourth-order valence-electron chi connectivity index (χ4n) is 0.703. The number of carbonyl (C=O) groups is 1. The van der Waals surface area contributed by atoms with Crippen LogP contribution in [0.25, 0.3) is 0 Å². The molecule has 0 aliphatic carbocycles. The van der Waals surface area contributed by atoms with Crippen LogP contribution in [0.15, 0.2) is 0 Å². The van der Waals surface area contributed by atoms with Crippen molar-refractivity contribution < 1.29 is 9.90 Å². The first kappa shape index (κ1) is 12.9. The molecular weight excluding hydrogens is 235 g/mol. The predicted molar refractivity (Wildman–Crippen MR) is 44.9 cm³/mol. The Bertz CT molecular complexity index is 83.7. The van der Waals surface area contributed by atoms with E-state index in [4.69, 9.17) is 5.11 Å². The Morgan fingerprint density at radius 1 is 1.30 bits per heavy atom. The fraction of sp³-hybridized carbons (Fsp3) is 0.857. The molecule has 3 heteroatoms. The second-order valence-corrected chi connectivity index (χ2v) is 2.20. The van der Waals surface area contributed by atoms with Crippen molar-refractivity contribution in [2.75, 3.05) is 0 Å². The van der Waals surface area contributed by atoms with Gasteiger partial charge in [-0.2, -0.15) is 0 Å². The molecule has 0 unspecified atom stereocenters. The molecule has 60 valence electrons. The van der Waals surface area contributed by atoms with Crippen LogP contribution < -0.4 is 0 Å². The first-order valence-electron chi connectivity index (χ1n) is 3.49. The van der Waals surface area contributed by atoms with Gasteiger partial charge < -0.3 is 5.11 Å². The zero-order valence-corrected chi connectivity index (χ0v) is 10.6. The van der Waals surface area contributed by atoms with Crippen LogP contribution in [0, 0.1) is 0 Å². The third kappa shape index (κ3) is 11.1. The summed E-state index contributed by atoms with van der Waals surface area (Å²) in [6.07, 6.45) is 4.55. The summed E-state index contributed by atoms with van der Waals surface area (Å²) in [5, 5.41) is 8.21. The van der Waals surface area contributed by atoms with Crippen molar-refractivity contribution in [1.82, 2.24) is 0 Å². The van der Waals surface area contributed by atoms with Gasteiger partial charge in [0, 0.05) is 6.42 Å². The first-order valence-corrected chi connectivity index (χ1v) is 3.49. The quantitative estimate of drug-likeness (QED) is 0.587.